The van der Waals surface area contributed by atoms with E-state index in [0.29, 0.717) is 12.0 Å². The van der Waals surface area contributed by atoms with Crippen molar-refractivity contribution >= 4 is 23.0 Å². The number of halogens is 3. The van der Waals surface area contributed by atoms with Gasteiger partial charge in [-0.25, -0.2) is 0 Å². The molecule has 0 atom stereocenters. The number of ether oxygens (including phenoxy) is 1. The van der Waals surface area contributed by atoms with Crippen molar-refractivity contribution in [1.82, 2.24) is 0 Å². The highest BCUT2D eigenvalue weighted by molar-refractivity contribution is 7.95. The smallest absolute Gasteiger partial charge is 0.479 e. The predicted molar refractivity (Wildman–Crippen MR) is 98.4 cm³/mol. The molecule has 27 heavy (non-hydrogen) atoms. The molecule has 4 rings (SSSR count). The normalized spacial score (nSPS) is 15.3. The number of benzene rings is 2. The second-order valence-electron chi connectivity index (χ2n) is 7.00. The molecule has 0 saturated heterocycles. The molecule has 3 aromatic rings. The van der Waals surface area contributed by atoms with E-state index >= 15 is 0 Å². The molecule has 0 amide bonds. The molecular weight excluding hydrogens is 377 g/mol. The highest BCUT2D eigenvalue weighted by Gasteiger charge is 2.37. The van der Waals surface area contributed by atoms with Crippen molar-refractivity contribution in [2.45, 2.75) is 31.2 Å². The van der Waals surface area contributed by atoms with Gasteiger partial charge < -0.3 is 13.3 Å². The fourth-order valence-corrected chi connectivity index (χ4v) is 3.98. The van der Waals surface area contributed by atoms with Crippen molar-refractivity contribution in [3.05, 3.63) is 58.8 Å². The molecule has 0 bridgehead atoms. The summed E-state index contributed by atoms with van der Waals surface area (Å²) in [5.41, 5.74) is -0.963. The van der Waals surface area contributed by atoms with E-state index < -0.39 is 23.0 Å². The molecule has 0 saturated carbocycles. The van der Waals surface area contributed by atoms with E-state index in [0.717, 1.165) is 28.0 Å². The lowest BCUT2D eigenvalue weighted by Crippen LogP contribution is -2.25. The van der Waals surface area contributed by atoms with Gasteiger partial charge >= 0.3 is 5.51 Å². The van der Waals surface area contributed by atoms with Crippen LogP contribution in [-0.4, -0.2) is 12.6 Å². The van der Waals surface area contributed by atoms with Crippen LogP contribution >= 0.6 is 12.0 Å². The Labute approximate surface area is 158 Å². The van der Waals surface area contributed by atoms with Gasteiger partial charge in [-0.05, 0) is 49.2 Å². The Morgan fingerprint density at radius 3 is 2.52 bits per heavy atom. The first-order valence-corrected chi connectivity index (χ1v) is 9.09. The molecule has 0 aliphatic heterocycles. The van der Waals surface area contributed by atoms with Crippen molar-refractivity contribution in [3.8, 4) is 11.5 Å². The number of hydrogen-bond donors (Lipinski definition) is 0. The maximum absolute atomic E-state index is 12.4. The summed E-state index contributed by atoms with van der Waals surface area (Å²) < 4.78 is 53.3. The Morgan fingerprint density at radius 1 is 1.07 bits per heavy atom. The summed E-state index contributed by atoms with van der Waals surface area (Å²) in [7, 11) is 1.63. The van der Waals surface area contributed by atoms with Crippen LogP contribution in [0.4, 0.5) is 13.2 Å². The molecule has 3 nitrogen and oxygen atoms in total. The maximum atomic E-state index is 12.4. The van der Waals surface area contributed by atoms with Crippen molar-refractivity contribution in [2.75, 3.05) is 7.11 Å². The molecule has 1 heterocycles. The second kappa shape index (κ2) is 6.12. The molecule has 2 aromatic carbocycles. The quantitative estimate of drug-likeness (QED) is 0.494. The summed E-state index contributed by atoms with van der Waals surface area (Å²) in [5.74, 6) is 1.70. The molecule has 0 fully saturated rings. The molecule has 0 spiro atoms. The zero-order chi connectivity index (χ0) is 19.4. The molecular formula is C20H17F3O3S. The zero-order valence-electron chi connectivity index (χ0n) is 14.9. The highest BCUT2D eigenvalue weighted by Crippen LogP contribution is 2.47. The van der Waals surface area contributed by atoms with E-state index in [4.69, 9.17) is 13.3 Å². The van der Waals surface area contributed by atoms with Gasteiger partial charge in [0.05, 0.1) is 7.11 Å². The number of rotatable bonds is 3. The van der Waals surface area contributed by atoms with Crippen molar-refractivity contribution in [1.29, 1.82) is 0 Å². The van der Waals surface area contributed by atoms with Crippen LogP contribution < -0.4 is 8.92 Å². The number of furan rings is 1. The van der Waals surface area contributed by atoms with Crippen LogP contribution in [0.2, 0.25) is 0 Å². The molecule has 1 aliphatic carbocycles. The van der Waals surface area contributed by atoms with Crippen LogP contribution in [0.3, 0.4) is 0 Å². The van der Waals surface area contributed by atoms with Gasteiger partial charge in [-0.15, -0.1) is 0 Å². The van der Waals surface area contributed by atoms with Crippen LogP contribution in [0, 0.1) is 0 Å². The van der Waals surface area contributed by atoms with Crippen LogP contribution in [0.5, 0.6) is 11.5 Å². The Hall–Kier alpha value is -2.28. The number of hydrogen-bond acceptors (Lipinski definition) is 4. The monoisotopic (exact) mass is 394 g/mol. The van der Waals surface area contributed by atoms with Crippen LogP contribution in [-0.2, 0) is 11.8 Å². The lowest BCUT2D eigenvalue weighted by molar-refractivity contribution is -0.0369. The van der Waals surface area contributed by atoms with Crippen molar-refractivity contribution in [2.24, 2.45) is 0 Å². The molecule has 1 aliphatic rings. The molecule has 0 radical (unpaired) electrons. The molecule has 142 valence electrons. The Kier molecular flexibility index (Phi) is 4.10. The van der Waals surface area contributed by atoms with Gasteiger partial charge in [0.25, 0.3) is 0 Å². The van der Waals surface area contributed by atoms with E-state index in [9.17, 15) is 13.2 Å². The average Bonchev–Trinajstić information content (AvgIpc) is 2.98. The summed E-state index contributed by atoms with van der Waals surface area (Å²) in [6.07, 6.45) is 0.697. The van der Waals surface area contributed by atoms with Gasteiger partial charge in [0.2, 0.25) is 0 Å². The fourth-order valence-electron chi connectivity index (χ4n) is 3.69. The van der Waals surface area contributed by atoms with Crippen LogP contribution in [0.1, 0.15) is 36.3 Å². The minimum Gasteiger partial charge on any atom is -0.497 e. The van der Waals surface area contributed by atoms with E-state index in [1.165, 1.54) is 17.7 Å². The van der Waals surface area contributed by atoms with Crippen LogP contribution in [0.15, 0.2) is 40.8 Å². The number of methoxy groups -OCH3 is 1. The van der Waals surface area contributed by atoms with Gasteiger partial charge in [-0.3, -0.25) is 0 Å². The standard InChI is InChI=1S/C20H17F3O3S/c1-19(2)16-9-12(24-3)5-4-11(16)8-15-14-7-6-13(26-27-20(21,22)23)10-17(14)25-18(15)19/h4-7,9-10H,8H2,1-3H3. The topological polar surface area (TPSA) is 31.6 Å². The third kappa shape index (κ3) is 3.14. The summed E-state index contributed by atoms with van der Waals surface area (Å²) in [6, 6.07) is 10.8. The Bertz CT molecular complexity index is 1020. The SMILES string of the molecule is COc1ccc2c(c1)C(C)(C)c1oc3cc(OSC(F)(F)F)ccc3c1C2. The molecule has 0 N–H and O–H groups in total. The Morgan fingerprint density at radius 2 is 1.81 bits per heavy atom. The van der Waals surface area contributed by atoms with E-state index in [1.807, 2.05) is 12.1 Å². The van der Waals surface area contributed by atoms with Gasteiger partial charge in [0.1, 0.15) is 22.8 Å². The summed E-state index contributed by atoms with van der Waals surface area (Å²) in [5, 5.41) is 0.893. The van der Waals surface area contributed by atoms with E-state index in [2.05, 4.69) is 19.9 Å². The third-order valence-electron chi connectivity index (χ3n) is 4.92. The largest absolute Gasteiger partial charge is 0.497 e. The minimum atomic E-state index is -4.46. The first-order valence-electron chi connectivity index (χ1n) is 8.35. The van der Waals surface area contributed by atoms with Crippen molar-refractivity contribution in [3.63, 3.8) is 0 Å². The lowest BCUT2D eigenvalue weighted by atomic mass is 9.72. The van der Waals surface area contributed by atoms with E-state index in [1.54, 1.807) is 13.2 Å². The maximum Gasteiger partial charge on any atom is 0.479 e. The third-order valence-corrected chi connectivity index (χ3v) is 5.39. The number of fused-ring (bicyclic) bond motifs is 4. The first kappa shape index (κ1) is 18.1. The zero-order valence-corrected chi connectivity index (χ0v) is 15.8. The molecule has 1 aromatic heterocycles. The molecule has 7 heteroatoms. The highest BCUT2D eigenvalue weighted by atomic mass is 32.2. The summed E-state index contributed by atoms with van der Waals surface area (Å²) in [6.45, 7) is 4.14. The van der Waals surface area contributed by atoms with Gasteiger partial charge in [-0.1, -0.05) is 6.07 Å². The van der Waals surface area contributed by atoms with Crippen molar-refractivity contribution < 1.29 is 26.5 Å². The second-order valence-corrected chi connectivity index (χ2v) is 7.80. The number of alkyl halides is 3. The van der Waals surface area contributed by atoms with E-state index in [-0.39, 0.29) is 5.75 Å². The minimum absolute atomic E-state index is 0.105. The summed E-state index contributed by atoms with van der Waals surface area (Å²) in [4.78, 5) is 0. The van der Waals surface area contributed by atoms with Crippen LogP contribution in [0.25, 0.3) is 11.0 Å². The predicted octanol–water partition coefficient (Wildman–Crippen LogP) is 6.22. The Balaban J connectivity index is 1.77. The molecule has 0 unspecified atom stereocenters. The lowest BCUT2D eigenvalue weighted by Gasteiger charge is -2.31. The van der Waals surface area contributed by atoms with Gasteiger partial charge in [-0.2, -0.15) is 13.2 Å². The summed E-state index contributed by atoms with van der Waals surface area (Å²) >= 11 is -0.532. The first-order chi connectivity index (χ1) is 12.7. The average molecular weight is 394 g/mol. The van der Waals surface area contributed by atoms with Gasteiger partial charge in [0, 0.05) is 28.9 Å². The fraction of sp³-hybridized carbons (Fsp3) is 0.300. The van der Waals surface area contributed by atoms with Gasteiger partial charge in [0.15, 0.2) is 12.0 Å².